The number of fused-ring (bicyclic) bond motifs is 1. The Balaban J connectivity index is 1.72. The monoisotopic (exact) mass is 427 g/mol. The molecule has 7 heteroatoms. The van der Waals surface area contributed by atoms with E-state index in [0.717, 1.165) is 23.0 Å². The second-order valence-corrected chi connectivity index (χ2v) is 8.64. The molecule has 124 valence electrons. The molecule has 2 amide bonds. The number of amides is 2. The summed E-state index contributed by atoms with van der Waals surface area (Å²) in [4.78, 5) is 12.0. The molecule has 0 bridgehead atoms. The van der Waals surface area contributed by atoms with E-state index in [1.807, 2.05) is 0 Å². The van der Waals surface area contributed by atoms with Gasteiger partial charge in [0.15, 0.2) is 0 Å². The molecule has 0 radical (unpaired) electrons. The quantitative estimate of drug-likeness (QED) is 0.553. The Bertz CT molecular complexity index is 803. The fourth-order valence-electron chi connectivity index (χ4n) is 2.41. The van der Waals surface area contributed by atoms with Crippen molar-refractivity contribution in [1.29, 1.82) is 0 Å². The first-order valence-corrected chi connectivity index (χ1v) is 10.2. The van der Waals surface area contributed by atoms with Crippen LogP contribution in [-0.2, 0) is 0 Å². The zero-order valence-corrected chi connectivity index (χ0v) is 16.1. The van der Waals surface area contributed by atoms with Gasteiger partial charge in [0.25, 0.3) is 0 Å². The number of halogens is 2. The normalized spacial score (nSPS) is 15.0. The van der Waals surface area contributed by atoms with Crippen LogP contribution in [-0.4, -0.2) is 26.7 Å². The number of anilines is 1. The summed E-state index contributed by atoms with van der Waals surface area (Å²) in [5.41, 5.74) is 6.34. The molecule has 0 aromatic heterocycles. The zero-order valence-electron chi connectivity index (χ0n) is 12.9. The molecule has 0 fully saturated rings. The molecule has 1 heterocycles. The summed E-state index contributed by atoms with van der Waals surface area (Å²) in [5.74, 6) is 0. The van der Waals surface area contributed by atoms with Crippen LogP contribution < -0.4 is 15.2 Å². The first-order chi connectivity index (χ1) is 11.5. The Morgan fingerprint density at radius 1 is 1.17 bits per heavy atom. The van der Waals surface area contributed by atoms with Gasteiger partial charge in [-0.15, -0.1) is 0 Å². The maximum absolute atomic E-state index is 12.0. The summed E-state index contributed by atoms with van der Waals surface area (Å²) in [6.07, 6.45) is 0.875. The third-order valence-corrected chi connectivity index (χ3v) is 6.15. The van der Waals surface area contributed by atoms with Gasteiger partial charge in [0.2, 0.25) is 0 Å². The standard InChI is InChI=1S/C17H15Cl2N3OSe/c1-10-2-3-16-14(6-10)15(4-5-24-16)21-22-17(23)20-13-8-11(18)7-12(19)9-13/h2-3,6-9H,4-5H2,1H3,(H2,20,22,23)/b21-15+. The van der Waals surface area contributed by atoms with Crippen molar-refractivity contribution in [2.45, 2.75) is 18.7 Å². The Hall–Kier alpha value is -1.52. The van der Waals surface area contributed by atoms with Crippen molar-refractivity contribution in [2.75, 3.05) is 5.32 Å². The summed E-state index contributed by atoms with van der Waals surface area (Å²) in [7, 11) is 0. The summed E-state index contributed by atoms with van der Waals surface area (Å²) < 4.78 is 1.34. The van der Waals surface area contributed by atoms with E-state index in [2.05, 4.69) is 41.0 Å². The average Bonchev–Trinajstić information content (AvgIpc) is 2.52. The van der Waals surface area contributed by atoms with Gasteiger partial charge >= 0.3 is 157 Å². The van der Waals surface area contributed by atoms with Gasteiger partial charge in [-0.2, -0.15) is 0 Å². The Morgan fingerprint density at radius 3 is 2.67 bits per heavy atom. The molecule has 1 aliphatic rings. The number of nitrogens with one attached hydrogen (secondary N) is 2. The van der Waals surface area contributed by atoms with E-state index >= 15 is 0 Å². The minimum atomic E-state index is -0.425. The molecule has 24 heavy (non-hydrogen) atoms. The van der Waals surface area contributed by atoms with E-state index in [1.54, 1.807) is 18.2 Å². The van der Waals surface area contributed by atoms with Crippen LogP contribution in [0.5, 0.6) is 0 Å². The second kappa shape index (κ2) is 7.58. The minimum absolute atomic E-state index is 0.425. The van der Waals surface area contributed by atoms with Crippen molar-refractivity contribution in [3.63, 3.8) is 0 Å². The van der Waals surface area contributed by atoms with Crippen LogP contribution in [0.3, 0.4) is 0 Å². The molecule has 0 aliphatic carbocycles. The van der Waals surface area contributed by atoms with Crippen LogP contribution in [0.2, 0.25) is 15.4 Å². The molecule has 0 unspecified atom stereocenters. The summed E-state index contributed by atoms with van der Waals surface area (Å²) >= 11 is 12.3. The van der Waals surface area contributed by atoms with E-state index in [1.165, 1.54) is 10.0 Å². The molecule has 2 aromatic carbocycles. The van der Waals surface area contributed by atoms with Crippen molar-refractivity contribution in [2.24, 2.45) is 5.10 Å². The molecule has 1 aliphatic heterocycles. The van der Waals surface area contributed by atoms with Crippen LogP contribution >= 0.6 is 23.2 Å². The Morgan fingerprint density at radius 2 is 1.92 bits per heavy atom. The van der Waals surface area contributed by atoms with Crippen molar-refractivity contribution in [3.05, 3.63) is 57.6 Å². The molecule has 0 spiro atoms. The number of hydrogen-bond acceptors (Lipinski definition) is 2. The molecule has 0 saturated heterocycles. The number of carbonyl (C=O) groups is 1. The van der Waals surface area contributed by atoms with Crippen LogP contribution in [0.4, 0.5) is 10.5 Å². The van der Waals surface area contributed by atoms with E-state index in [9.17, 15) is 4.79 Å². The van der Waals surface area contributed by atoms with Crippen molar-refractivity contribution in [3.8, 4) is 0 Å². The van der Waals surface area contributed by atoms with Gasteiger partial charge in [0.1, 0.15) is 0 Å². The van der Waals surface area contributed by atoms with Gasteiger partial charge in [-0.3, -0.25) is 0 Å². The number of hydrogen-bond donors (Lipinski definition) is 2. The molecule has 3 rings (SSSR count). The third kappa shape index (κ3) is 4.31. The molecule has 4 nitrogen and oxygen atoms in total. The van der Waals surface area contributed by atoms with Gasteiger partial charge in [-0.1, -0.05) is 0 Å². The van der Waals surface area contributed by atoms with Crippen LogP contribution in [0.25, 0.3) is 0 Å². The van der Waals surface area contributed by atoms with Gasteiger partial charge in [0.05, 0.1) is 0 Å². The summed E-state index contributed by atoms with van der Waals surface area (Å²) in [6.45, 7) is 2.06. The molecular weight excluding hydrogens is 412 g/mol. The maximum atomic E-state index is 12.0. The van der Waals surface area contributed by atoms with E-state index in [0.29, 0.717) is 30.7 Å². The summed E-state index contributed by atoms with van der Waals surface area (Å²) in [6, 6.07) is 10.8. The SMILES string of the molecule is Cc1ccc2c(c1)/C(=N/NC(=O)Nc1cc(Cl)cc(Cl)c1)CC[Se]2. The van der Waals surface area contributed by atoms with Crippen LogP contribution in [0, 0.1) is 6.92 Å². The summed E-state index contributed by atoms with van der Waals surface area (Å²) in [5, 5.41) is 9.00. The number of urea groups is 1. The second-order valence-electron chi connectivity index (χ2n) is 5.38. The predicted octanol–water partition coefficient (Wildman–Crippen LogP) is 3.98. The van der Waals surface area contributed by atoms with E-state index in [4.69, 9.17) is 23.2 Å². The number of hydrazone groups is 1. The fraction of sp³-hybridized carbons (Fsp3) is 0.176. The Labute approximate surface area is 156 Å². The number of aryl methyl sites for hydroxylation is 1. The Kier molecular flexibility index (Phi) is 5.46. The first-order valence-electron chi connectivity index (χ1n) is 7.35. The molecular formula is C17H15Cl2N3OSe. The zero-order chi connectivity index (χ0) is 17.1. The van der Waals surface area contributed by atoms with Gasteiger partial charge in [-0.05, 0) is 0 Å². The van der Waals surface area contributed by atoms with Crippen molar-refractivity contribution >= 4 is 60.1 Å². The van der Waals surface area contributed by atoms with E-state index in [-0.39, 0.29) is 0 Å². The first kappa shape index (κ1) is 17.3. The number of benzene rings is 2. The molecule has 2 aromatic rings. The molecule has 0 saturated carbocycles. The van der Waals surface area contributed by atoms with Gasteiger partial charge < -0.3 is 0 Å². The number of rotatable bonds is 2. The fourth-order valence-corrected chi connectivity index (χ4v) is 5.06. The average molecular weight is 427 g/mol. The van der Waals surface area contributed by atoms with Crippen molar-refractivity contribution < 1.29 is 4.79 Å². The van der Waals surface area contributed by atoms with Crippen LogP contribution in [0.15, 0.2) is 41.5 Å². The van der Waals surface area contributed by atoms with E-state index < -0.39 is 6.03 Å². The van der Waals surface area contributed by atoms with Gasteiger partial charge in [-0.25, -0.2) is 0 Å². The number of carbonyl (C=O) groups excluding carboxylic acids is 1. The van der Waals surface area contributed by atoms with Crippen LogP contribution in [0.1, 0.15) is 17.5 Å². The topological polar surface area (TPSA) is 53.5 Å². The van der Waals surface area contributed by atoms with Crippen molar-refractivity contribution in [1.82, 2.24) is 5.43 Å². The number of nitrogens with zero attached hydrogens (tertiary/aromatic N) is 1. The molecule has 2 N–H and O–H groups in total. The molecule has 0 atom stereocenters. The van der Waals surface area contributed by atoms with Gasteiger partial charge in [0, 0.05) is 0 Å². The predicted molar refractivity (Wildman–Crippen MR) is 101 cm³/mol. The third-order valence-electron chi connectivity index (χ3n) is 3.46.